The van der Waals surface area contributed by atoms with Crippen LogP contribution in [-0.4, -0.2) is 29.7 Å². The lowest BCUT2D eigenvalue weighted by Gasteiger charge is -2.49. The van der Waals surface area contributed by atoms with Gasteiger partial charge in [0.1, 0.15) is 0 Å². The van der Waals surface area contributed by atoms with Gasteiger partial charge < -0.3 is 4.90 Å². The first-order valence-electron chi connectivity index (χ1n) is 20.7. The topological polar surface area (TPSA) is 41.9 Å². The van der Waals surface area contributed by atoms with E-state index in [0.717, 1.165) is 22.4 Å². The largest absolute Gasteiger partial charge is 0.312 e. The van der Waals surface area contributed by atoms with E-state index in [1.165, 1.54) is 65.2 Å². The molecule has 0 spiro atoms. The minimum Gasteiger partial charge on any atom is -0.312 e. The molecule has 0 unspecified atom stereocenters. The summed E-state index contributed by atoms with van der Waals surface area (Å²) in [6.07, 6.45) is 0. The van der Waals surface area contributed by atoms with E-state index in [9.17, 15) is 0 Å². The Balaban J connectivity index is 1.25. The van der Waals surface area contributed by atoms with E-state index in [1.807, 2.05) is 36.4 Å². The number of anilines is 3. The van der Waals surface area contributed by atoms with Gasteiger partial charge in [-0.25, -0.2) is 15.0 Å². The normalized spacial score (nSPS) is 13.3. The zero-order chi connectivity index (χ0) is 40.4. The lowest BCUT2D eigenvalue weighted by Crippen LogP contribution is -2.78. The highest BCUT2D eigenvalue weighted by atomic mass is 28.3. The Kier molecular flexibility index (Phi) is 8.57. The summed E-state index contributed by atoms with van der Waals surface area (Å²) in [4.78, 5) is 18.0. The van der Waals surface area contributed by atoms with Gasteiger partial charge in [-0.05, 0) is 64.6 Å². The average Bonchev–Trinajstić information content (AvgIpc) is 3.30. The first kappa shape index (κ1) is 36.0. The third-order valence-electron chi connectivity index (χ3n) is 12.5. The summed E-state index contributed by atoms with van der Waals surface area (Å²) < 4.78 is 0. The summed E-state index contributed by atoms with van der Waals surface area (Å²) in [5.41, 5.74) is 14.5. The zero-order valence-corrected chi connectivity index (χ0v) is 34.8. The van der Waals surface area contributed by atoms with Crippen LogP contribution < -0.4 is 42.0 Å². The molecule has 6 heteroatoms. The second-order valence-electron chi connectivity index (χ2n) is 16.1. The Morgan fingerprint density at radius 1 is 0.417 bits per heavy atom. The van der Waals surface area contributed by atoms with Crippen molar-refractivity contribution in [3.63, 3.8) is 0 Å². The van der Waals surface area contributed by atoms with E-state index in [2.05, 4.69) is 183 Å². The lowest BCUT2D eigenvalue weighted by atomic mass is 9.34. The molecule has 0 N–H and O–H groups in total. The highest BCUT2D eigenvalue weighted by molar-refractivity contribution is 7.22. The minimum atomic E-state index is -2.97. The van der Waals surface area contributed by atoms with Crippen molar-refractivity contribution in [1.82, 2.24) is 15.0 Å². The Morgan fingerprint density at radius 2 is 0.917 bits per heavy atom. The number of hydrogen-bond donors (Lipinski definition) is 0. The van der Waals surface area contributed by atoms with Crippen molar-refractivity contribution in [2.75, 3.05) is 4.90 Å². The highest BCUT2D eigenvalue weighted by Gasteiger charge is 2.52. The molecular formula is C54H41BN4Si. The molecular weight excluding hydrogens is 744 g/mol. The SMILES string of the molecule is Cc1cc(C)c(B2c3ccccc3N3c4cc(-c5nc(-c6ccccc6)nc(-c6ccccc6)n5)ccc4[Si](c4ccccc4)(c4ccccc4)c4cccc2c43)c(C)c1. The van der Waals surface area contributed by atoms with E-state index in [0.29, 0.717) is 17.5 Å². The van der Waals surface area contributed by atoms with Gasteiger partial charge in [-0.2, -0.15) is 0 Å². The summed E-state index contributed by atoms with van der Waals surface area (Å²) in [5, 5.41) is 5.45. The van der Waals surface area contributed by atoms with Crippen LogP contribution in [0.15, 0.2) is 194 Å². The second-order valence-corrected chi connectivity index (χ2v) is 19.9. The van der Waals surface area contributed by atoms with Crippen LogP contribution in [0.3, 0.4) is 0 Å². The molecule has 9 aromatic rings. The first-order chi connectivity index (χ1) is 29.5. The predicted molar refractivity (Wildman–Crippen MR) is 253 cm³/mol. The van der Waals surface area contributed by atoms with Crippen molar-refractivity contribution in [2.45, 2.75) is 20.8 Å². The molecule has 2 aliphatic rings. The first-order valence-corrected chi connectivity index (χ1v) is 22.7. The van der Waals surface area contributed by atoms with Gasteiger partial charge in [0.05, 0.1) is 0 Å². The second kappa shape index (κ2) is 14.3. The third-order valence-corrected chi connectivity index (χ3v) is 17.4. The molecule has 0 atom stereocenters. The van der Waals surface area contributed by atoms with Crippen LogP contribution in [-0.2, 0) is 0 Å². The van der Waals surface area contributed by atoms with Gasteiger partial charge in [-0.15, -0.1) is 0 Å². The van der Waals surface area contributed by atoms with Gasteiger partial charge in [0.15, 0.2) is 25.5 Å². The van der Waals surface area contributed by atoms with Crippen molar-refractivity contribution in [3.8, 4) is 34.2 Å². The van der Waals surface area contributed by atoms with Gasteiger partial charge in [0.25, 0.3) is 0 Å². The van der Waals surface area contributed by atoms with Crippen molar-refractivity contribution in [2.24, 2.45) is 0 Å². The Hall–Kier alpha value is -7.15. The number of aryl methyl sites for hydroxylation is 3. The van der Waals surface area contributed by atoms with Crippen molar-refractivity contribution in [1.29, 1.82) is 0 Å². The maximum atomic E-state index is 5.22. The summed E-state index contributed by atoms with van der Waals surface area (Å²) in [6, 6.07) is 70.9. The maximum Gasteiger partial charge on any atom is 0.247 e. The summed E-state index contributed by atoms with van der Waals surface area (Å²) in [7, 11) is -2.97. The quantitative estimate of drug-likeness (QED) is 0.162. The van der Waals surface area contributed by atoms with Crippen LogP contribution in [0.25, 0.3) is 34.2 Å². The number of aromatic nitrogens is 3. The van der Waals surface area contributed by atoms with Crippen LogP contribution >= 0.6 is 0 Å². The number of fused-ring (bicyclic) bond motifs is 4. The number of nitrogens with zero attached hydrogens (tertiary/aromatic N) is 4. The third kappa shape index (κ3) is 5.55. The molecule has 0 saturated carbocycles. The van der Waals surface area contributed by atoms with Crippen molar-refractivity contribution < 1.29 is 0 Å². The van der Waals surface area contributed by atoms with Gasteiger partial charge in [0.2, 0.25) is 6.71 Å². The average molecular weight is 785 g/mol. The molecule has 0 amide bonds. The zero-order valence-electron chi connectivity index (χ0n) is 33.8. The van der Waals surface area contributed by atoms with Crippen LogP contribution in [0.4, 0.5) is 17.1 Å². The standard InChI is InChI=1S/C54H41BN4Si/c1-36-33-37(2)50(38(3)34-36)55-44-27-16-17-29-46(44)59-47-35-41(54-57-52(39-19-8-4-9-20-39)56-53(58-54)40-21-10-5-11-22-40)31-32-48(47)60(42-23-12-6-13-24-42,43-25-14-7-15-26-43)49-30-18-28-45(55)51(49)59/h4-35H,1-3H3. The summed E-state index contributed by atoms with van der Waals surface area (Å²) in [6.45, 7) is 6.84. The van der Waals surface area contributed by atoms with E-state index in [-0.39, 0.29) is 6.71 Å². The Labute approximate surface area is 353 Å². The number of para-hydroxylation sites is 2. The van der Waals surface area contributed by atoms with Gasteiger partial charge in [-0.3, -0.25) is 0 Å². The molecule has 0 radical (unpaired) electrons. The molecule has 0 saturated heterocycles. The molecule has 0 bridgehead atoms. The fraction of sp³-hybridized carbons (Fsp3) is 0.0556. The fourth-order valence-corrected chi connectivity index (χ4v) is 15.3. The molecule has 0 fully saturated rings. The summed E-state index contributed by atoms with van der Waals surface area (Å²) >= 11 is 0. The lowest BCUT2D eigenvalue weighted by molar-refractivity contribution is 1.07. The Bertz CT molecular complexity index is 2960. The smallest absolute Gasteiger partial charge is 0.247 e. The van der Waals surface area contributed by atoms with Gasteiger partial charge >= 0.3 is 0 Å². The van der Waals surface area contributed by atoms with E-state index in [1.54, 1.807) is 0 Å². The van der Waals surface area contributed by atoms with Crippen LogP contribution in [0, 0.1) is 20.8 Å². The van der Waals surface area contributed by atoms with Crippen molar-refractivity contribution >= 4 is 69.0 Å². The van der Waals surface area contributed by atoms with E-state index in [4.69, 9.17) is 15.0 Å². The van der Waals surface area contributed by atoms with Crippen molar-refractivity contribution in [3.05, 3.63) is 211 Å². The predicted octanol–water partition coefficient (Wildman–Crippen LogP) is 7.79. The molecule has 60 heavy (non-hydrogen) atoms. The number of hydrogen-bond acceptors (Lipinski definition) is 4. The van der Waals surface area contributed by atoms with E-state index >= 15 is 0 Å². The molecule has 1 aromatic heterocycles. The molecule has 0 aliphatic carbocycles. The minimum absolute atomic E-state index is 0.0568. The highest BCUT2D eigenvalue weighted by Crippen LogP contribution is 2.41. The van der Waals surface area contributed by atoms with Crippen LogP contribution in [0.1, 0.15) is 16.7 Å². The Morgan fingerprint density at radius 3 is 1.50 bits per heavy atom. The van der Waals surface area contributed by atoms with Crippen LogP contribution in [0.5, 0.6) is 0 Å². The molecule has 284 valence electrons. The molecule has 8 aromatic carbocycles. The number of benzene rings is 8. The molecule has 4 nitrogen and oxygen atoms in total. The molecule has 11 rings (SSSR count). The van der Waals surface area contributed by atoms with Gasteiger partial charge in [0, 0.05) is 33.8 Å². The fourth-order valence-electron chi connectivity index (χ4n) is 10.2. The van der Waals surface area contributed by atoms with E-state index < -0.39 is 8.07 Å². The molecule has 3 heterocycles. The monoisotopic (exact) mass is 784 g/mol. The maximum absolute atomic E-state index is 5.22. The molecule has 2 aliphatic heterocycles. The summed E-state index contributed by atoms with van der Waals surface area (Å²) in [5.74, 6) is 1.94. The van der Waals surface area contributed by atoms with Crippen LogP contribution in [0.2, 0.25) is 0 Å². The number of rotatable bonds is 6. The van der Waals surface area contributed by atoms with Gasteiger partial charge in [-0.1, -0.05) is 204 Å².